The highest BCUT2D eigenvalue weighted by molar-refractivity contribution is 6.09. The van der Waals surface area contributed by atoms with Crippen LogP contribution in [0.5, 0.6) is 5.75 Å². The van der Waals surface area contributed by atoms with Gasteiger partial charge in [-0.1, -0.05) is 45.4 Å². The summed E-state index contributed by atoms with van der Waals surface area (Å²) in [4.78, 5) is 23.0. The number of aromatic nitrogens is 1. The number of urea groups is 1. The third-order valence-electron chi connectivity index (χ3n) is 4.99. The number of anilines is 1. The lowest BCUT2D eigenvalue weighted by atomic mass is 10.1. The Hall–Kier alpha value is -3.65. The molecule has 8 nitrogen and oxygen atoms in total. The summed E-state index contributed by atoms with van der Waals surface area (Å²) < 4.78 is 5.48. The van der Waals surface area contributed by atoms with Gasteiger partial charge in [0, 0.05) is 37.6 Å². The molecule has 0 fully saturated rings. The lowest BCUT2D eigenvalue weighted by Crippen LogP contribution is -2.34. The van der Waals surface area contributed by atoms with E-state index in [4.69, 9.17) is 4.74 Å². The van der Waals surface area contributed by atoms with Gasteiger partial charge in [-0.2, -0.15) is 0 Å². The standard InChI is InChI=1S/C24H32N6O2.C4H10/c1-6-20(28-23(7-2)27-17-18-9-8-12-25-16-18)19-10-11-21(22(15-19)32-5)29-24(31)26-13-14-30(3)4;1-3-4-2/h6-12,15-16,27H,1,13-14,17H2,2-5H3,(H2,26,29,31);3-4H2,1-2H3/b23-7-,28-20+;. The van der Waals surface area contributed by atoms with Crippen molar-refractivity contribution >= 4 is 17.4 Å². The number of ether oxygens (including phenoxy) is 1. The number of likely N-dealkylation sites (N-methyl/N-ethyl adjacent to an activating group) is 1. The second kappa shape index (κ2) is 17.7. The van der Waals surface area contributed by atoms with E-state index < -0.39 is 0 Å². The molecule has 2 aromatic rings. The van der Waals surface area contributed by atoms with Gasteiger partial charge in [0.05, 0.1) is 18.5 Å². The van der Waals surface area contributed by atoms with Gasteiger partial charge in [0.1, 0.15) is 11.6 Å². The van der Waals surface area contributed by atoms with E-state index in [2.05, 4.69) is 46.4 Å². The fourth-order valence-corrected chi connectivity index (χ4v) is 2.77. The van der Waals surface area contributed by atoms with E-state index in [1.54, 1.807) is 25.4 Å². The normalized spacial score (nSPS) is 11.3. The molecule has 0 aliphatic carbocycles. The SMILES string of the molecule is C=C/C(=N\C(=C/C)NCc1cccnc1)c1ccc(NC(=O)NCCN(C)C)c(OC)c1.CCCC. The number of nitrogens with zero attached hydrogens (tertiary/aromatic N) is 3. The van der Waals surface area contributed by atoms with E-state index >= 15 is 0 Å². The molecular weight excluding hydrogens is 452 g/mol. The molecule has 0 saturated heterocycles. The van der Waals surface area contributed by atoms with Gasteiger partial charge in [-0.15, -0.1) is 0 Å². The predicted octanol–water partition coefficient (Wildman–Crippen LogP) is 5.21. The Balaban J connectivity index is 0.00000150. The van der Waals surface area contributed by atoms with Crippen LogP contribution < -0.4 is 20.7 Å². The zero-order chi connectivity index (χ0) is 26.8. The highest BCUT2D eigenvalue weighted by atomic mass is 16.5. The van der Waals surface area contributed by atoms with Crippen molar-refractivity contribution in [2.45, 2.75) is 40.2 Å². The number of benzene rings is 1. The summed E-state index contributed by atoms with van der Waals surface area (Å²) in [6.45, 7) is 12.1. The average molecular weight is 495 g/mol. The molecule has 0 aliphatic rings. The minimum absolute atomic E-state index is 0.286. The highest BCUT2D eigenvalue weighted by Gasteiger charge is 2.11. The van der Waals surface area contributed by atoms with Crippen molar-refractivity contribution in [3.8, 4) is 5.75 Å². The number of methoxy groups -OCH3 is 1. The lowest BCUT2D eigenvalue weighted by molar-refractivity contribution is 0.250. The topological polar surface area (TPSA) is 90.9 Å². The highest BCUT2D eigenvalue weighted by Crippen LogP contribution is 2.26. The molecule has 2 rings (SSSR count). The molecular formula is C28H42N6O2. The van der Waals surface area contributed by atoms with Crippen LogP contribution in [0.3, 0.4) is 0 Å². The van der Waals surface area contributed by atoms with Gasteiger partial charge >= 0.3 is 6.03 Å². The summed E-state index contributed by atoms with van der Waals surface area (Å²) in [6.07, 6.45) is 9.77. The van der Waals surface area contributed by atoms with Crippen LogP contribution in [0.1, 0.15) is 44.7 Å². The Labute approximate surface area is 216 Å². The fraction of sp³-hybridized carbons (Fsp3) is 0.393. The van der Waals surface area contributed by atoms with Crippen LogP contribution in [0, 0.1) is 0 Å². The number of amides is 2. The Kier molecular flexibility index (Phi) is 15.0. The summed E-state index contributed by atoms with van der Waals surface area (Å²) >= 11 is 0. The van der Waals surface area contributed by atoms with Crippen LogP contribution in [0.2, 0.25) is 0 Å². The Bertz CT molecular complexity index is 985. The van der Waals surface area contributed by atoms with E-state index in [1.807, 2.05) is 62.5 Å². The summed E-state index contributed by atoms with van der Waals surface area (Å²) in [5.41, 5.74) is 3.13. The van der Waals surface area contributed by atoms with Crippen LogP contribution in [0.15, 0.2) is 72.3 Å². The smallest absolute Gasteiger partial charge is 0.319 e. The number of rotatable bonds is 12. The molecule has 1 aromatic heterocycles. The zero-order valence-electron chi connectivity index (χ0n) is 22.6. The molecule has 0 spiro atoms. The number of carbonyl (C=O) groups is 1. The maximum Gasteiger partial charge on any atom is 0.319 e. The van der Waals surface area contributed by atoms with Crippen molar-refractivity contribution in [1.82, 2.24) is 20.5 Å². The third kappa shape index (κ3) is 11.7. The van der Waals surface area contributed by atoms with E-state index in [9.17, 15) is 4.79 Å². The van der Waals surface area contributed by atoms with Crippen molar-refractivity contribution in [1.29, 1.82) is 0 Å². The van der Waals surface area contributed by atoms with Gasteiger partial charge in [0.15, 0.2) is 0 Å². The molecule has 2 amide bonds. The average Bonchev–Trinajstić information content (AvgIpc) is 2.89. The molecule has 0 radical (unpaired) electrons. The second-order valence-electron chi connectivity index (χ2n) is 8.19. The summed E-state index contributed by atoms with van der Waals surface area (Å²) in [7, 11) is 5.47. The summed E-state index contributed by atoms with van der Waals surface area (Å²) in [6, 6.07) is 9.09. The Morgan fingerprint density at radius 2 is 1.94 bits per heavy atom. The minimum atomic E-state index is -0.286. The van der Waals surface area contributed by atoms with Crippen LogP contribution in [-0.4, -0.2) is 55.9 Å². The van der Waals surface area contributed by atoms with Crippen molar-refractivity contribution in [3.63, 3.8) is 0 Å². The van der Waals surface area contributed by atoms with Crippen molar-refractivity contribution < 1.29 is 9.53 Å². The Morgan fingerprint density at radius 3 is 2.50 bits per heavy atom. The maximum absolute atomic E-state index is 12.2. The van der Waals surface area contributed by atoms with E-state index in [-0.39, 0.29) is 6.03 Å². The lowest BCUT2D eigenvalue weighted by Gasteiger charge is -2.14. The minimum Gasteiger partial charge on any atom is -0.495 e. The van der Waals surface area contributed by atoms with Gasteiger partial charge in [0.2, 0.25) is 0 Å². The monoisotopic (exact) mass is 494 g/mol. The predicted molar refractivity (Wildman–Crippen MR) is 151 cm³/mol. The van der Waals surface area contributed by atoms with Gasteiger partial charge in [-0.25, -0.2) is 9.79 Å². The van der Waals surface area contributed by atoms with Crippen molar-refractivity contribution in [2.24, 2.45) is 4.99 Å². The van der Waals surface area contributed by atoms with E-state index in [0.717, 1.165) is 17.7 Å². The molecule has 1 aromatic carbocycles. The molecule has 8 heteroatoms. The van der Waals surface area contributed by atoms with E-state index in [1.165, 1.54) is 12.8 Å². The quantitative estimate of drug-likeness (QED) is 0.353. The number of allylic oxidation sites excluding steroid dienone is 2. The van der Waals surface area contributed by atoms with Crippen molar-refractivity contribution in [2.75, 3.05) is 39.6 Å². The second-order valence-corrected chi connectivity index (χ2v) is 8.19. The number of hydrogen-bond donors (Lipinski definition) is 3. The Morgan fingerprint density at radius 1 is 1.19 bits per heavy atom. The summed E-state index contributed by atoms with van der Waals surface area (Å²) in [5, 5.41) is 8.94. The van der Waals surface area contributed by atoms with Gasteiger partial charge in [-0.3, -0.25) is 4.98 Å². The largest absolute Gasteiger partial charge is 0.495 e. The van der Waals surface area contributed by atoms with Crippen LogP contribution in [-0.2, 0) is 6.54 Å². The fourth-order valence-electron chi connectivity index (χ4n) is 2.77. The first kappa shape index (κ1) is 30.4. The van der Waals surface area contributed by atoms with Gasteiger partial charge < -0.3 is 25.6 Å². The molecule has 0 atom stereocenters. The zero-order valence-corrected chi connectivity index (χ0v) is 22.6. The first-order chi connectivity index (χ1) is 17.4. The van der Waals surface area contributed by atoms with Crippen molar-refractivity contribution in [3.05, 3.63) is 78.4 Å². The molecule has 1 heterocycles. The number of pyridine rings is 1. The van der Waals surface area contributed by atoms with E-state index in [0.29, 0.717) is 36.1 Å². The number of nitrogens with one attached hydrogen (secondary N) is 3. The van der Waals surface area contributed by atoms with Crippen LogP contribution in [0.4, 0.5) is 10.5 Å². The molecule has 3 N–H and O–H groups in total. The van der Waals surface area contributed by atoms with Crippen LogP contribution in [0.25, 0.3) is 0 Å². The number of aliphatic imine (C=N–C) groups is 1. The first-order valence-corrected chi connectivity index (χ1v) is 12.3. The third-order valence-corrected chi connectivity index (χ3v) is 4.99. The summed E-state index contributed by atoms with van der Waals surface area (Å²) in [5.74, 6) is 1.25. The molecule has 0 saturated carbocycles. The number of hydrogen-bond acceptors (Lipinski definition) is 6. The molecule has 196 valence electrons. The first-order valence-electron chi connectivity index (χ1n) is 12.3. The molecule has 0 unspecified atom stereocenters. The number of unbranched alkanes of at least 4 members (excludes halogenated alkanes) is 1. The molecule has 0 bridgehead atoms. The van der Waals surface area contributed by atoms with Gasteiger partial charge in [0.25, 0.3) is 0 Å². The maximum atomic E-state index is 12.2. The molecule has 0 aliphatic heterocycles. The number of carbonyl (C=O) groups excluding carboxylic acids is 1. The molecule has 36 heavy (non-hydrogen) atoms. The van der Waals surface area contributed by atoms with Gasteiger partial charge in [-0.05, 0) is 56.9 Å². The van der Waals surface area contributed by atoms with Crippen LogP contribution >= 0.6 is 0 Å².